The highest BCUT2D eigenvalue weighted by molar-refractivity contribution is 6.01. The standard InChI is InChI=1S/C29H27F2N5O4/c1-14-12-32-15(2)22(14)17-4-6-19(7-5-17)33-28(38)26(34-27(37)25-16(3)35-40-36-25)24-23-20(31)10-18(30)11-21(23)39-13-29(24)8-9-29/h4-7,10-12,24,26,32H,8-9,13H2,1-3H3,(H,33,38)(H,34,37)/t24?,26-/m0/s1. The molecule has 40 heavy (non-hydrogen) atoms. The Morgan fingerprint density at radius 1 is 1.10 bits per heavy atom. The minimum atomic E-state index is -1.23. The molecule has 1 unspecified atom stereocenters. The highest BCUT2D eigenvalue weighted by Gasteiger charge is 2.59. The number of carbonyl (C=O) groups excluding carboxylic acids is 2. The van der Waals surface area contributed by atoms with E-state index in [1.807, 2.05) is 32.2 Å². The van der Waals surface area contributed by atoms with E-state index in [2.05, 4.69) is 30.6 Å². The Hall–Kier alpha value is -4.54. The number of amides is 2. The van der Waals surface area contributed by atoms with Gasteiger partial charge in [0, 0.05) is 52.2 Å². The first-order valence-corrected chi connectivity index (χ1v) is 12.9. The molecule has 1 saturated carbocycles. The molecule has 2 aliphatic rings. The Labute approximate surface area is 228 Å². The van der Waals surface area contributed by atoms with Crippen LogP contribution < -0.4 is 15.4 Å². The predicted octanol–water partition coefficient (Wildman–Crippen LogP) is 4.96. The largest absolute Gasteiger partial charge is 0.492 e. The molecule has 206 valence electrons. The molecule has 0 bridgehead atoms. The Balaban J connectivity index is 1.36. The van der Waals surface area contributed by atoms with Crippen molar-refractivity contribution in [2.75, 3.05) is 11.9 Å². The van der Waals surface area contributed by atoms with Crippen molar-refractivity contribution in [1.29, 1.82) is 0 Å². The summed E-state index contributed by atoms with van der Waals surface area (Å²) in [5.74, 6) is -3.67. The summed E-state index contributed by atoms with van der Waals surface area (Å²) in [6.07, 6.45) is 3.24. The van der Waals surface area contributed by atoms with Crippen LogP contribution in [-0.4, -0.2) is 39.8 Å². The number of nitrogens with one attached hydrogen (secondary N) is 3. The molecular weight excluding hydrogens is 520 g/mol. The minimum Gasteiger partial charge on any atom is -0.492 e. The van der Waals surface area contributed by atoms with E-state index >= 15 is 4.39 Å². The number of H-pyrrole nitrogens is 1. The zero-order chi connectivity index (χ0) is 28.2. The number of aromatic nitrogens is 3. The lowest BCUT2D eigenvalue weighted by Gasteiger charge is -2.38. The van der Waals surface area contributed by atoms with Crippen molar-refractivity contribution in [2.45, 2.75) is 45.6 Å². The molecule has 11 heteroatoms. The number of aryl methyl sites for hydroxylation is 3. The van der Waals surface area contributed by atoms with Gasteiger partial charge < -0.3 is 20.4 Å². The number of hydrogen-bond donors (Lipinski definition) is 3. The first-order valence-electron chi connectivity index (χ1n) is 12.9. The SMILES string of the molecule is Cc1c[nH]c(C)c1-c1ccc(NC(=O)[C@@H](NC(=O)c2nonc2C)C2c3c(F)cc(F)cc3OCC23CC3)cc1. The summed E-state index contributed by atoms with van der Waals surface area (Å²) < 4.78 is 39.8. The quantitative estimate of drug-likeness (QED) is 0.314. The monoisotopic (exact) mass is 547 g/mol. The number of halogens is 2. The number of ether oxygens (including phenoxy) is 1. The fourth-order valence-electron chi connectivity index (χ4n) is 5.72. The first kappa shape index (κ1) is 25.7. The van der Waals surface area contributed by atoms with Gasteiger partial charge in [0.25, 0.3) is 5.91 Å². The maximum atomic E-state index is 15.3. The Bertz CT molecular complexity index is 1600. The molecule has 4 aromatic rings. The first-order chi connectivity index (χ1) is 19.2. The van der Waals surface area contributed by atoms with Crippen LogP contribution in [0, 0.1) is 37.8 Å². The van der Waals surface area contributed by atoms with Crippen LogP contribution in [0.5, 0.6) is 5.75 Å². The van der Waals surface area contributed by atoms with Crippen molar-refractivity contribution < 1.29 is 27.7 Å². The predicted molar refractivity (Wildman–Crippen MR) is 141 cm³/mol. The maximum absolute atomic E-state index is 15.3. The highest BCUT2D eigenvalue weighted by atomic mass is 19.1. The van der Waals surface area contributed by atoms with Crippen molar-refractivity contribution in [1.82, 2.24) is 20.6 Å². The van der Waals surface area contributed by atoms with Gasteiger partial charge in [0.2, 0.25) is 5.91 Å². The third kappa shape index (κ3) is 4.41. The molecule has 3 N–H and O–H groups in total. The molecule has 1 fully saturated rings. The molecular formula is C29H27F2N5O4. The molecule has 0 radical (unpaired) electrons. The molecule has 1 spiro atoms. The molecule has 6 rings (SSSR count). The third-order valence-electron chi connectivity index (χ3n) is 7.92. The molecule has 2 amide bonds. The Morgan fingerprint density at radius 3 is 2.48 bits per heavy atom. The van der Waals surface area contributed by atoms with Crippen LogP contribution in [0.3, 0.4) is 0 Å². The molecule has 2 aromatic carbocycles. The van der Waals surface area contributed by atoms with Crippen molar-refractivity contribution >= 4 is 17.5 Å². The molecule has 1 aliphatic carbocycles. The van der Waals surface area contributed by atoms with Gasteiger partial charge in [-0.1, -0.05) is 17.3 Å². The van der Waals surface area contributed by atoms with E-state index in [-0.39, 0.29) is 29.3 Å². The second-order valence-corrected chi connectivity index (χ2v) is 10.6. The van der Waals surface area contributed by atoms with E-state index < -0.39 is 40.8 Å². The van der Waals surface area contributed by atoms with Crippen LogP contribution in [-0.2, 0) is 4.79 Å². The lowest BCUT2D eigenvalue weighted by Crippen LogP contribution is -2.52. The summed E-state index contributed by atoms with van der Waals surface area (Å²) in [7, 11) is 0. The normalized spacial score (nSPS) is 17.6. The number of nitrogens with zero attached hydrogens (tertiary/aromatic N) is 2. The summed E-state index contributed by atoms with van der Waals surface area (Å²) in [5, 5.41) is 12.9. The Morgan fingerprint density at radius 2 is 1.85 bits per heavy atom. The highest BCUT2D eigenvalue weighted by Crippen LogP contribution is 2.61. The minimum absolute atomic E-state index is 0.0213. The van der Waals surface area contributed by atoms with E-state index in [0.717, 1.165) is 34.5 Å². The van der Waals surface area contributed by atoms with Crippen molar-refractivity contribution in [3.8, 4) is 16.9 Å². The summed E-state index contributed by atoms with van der Waals surface area (Å²) in [4.78, 5) is 30.3. The maximum Gasteiger partial charge on any atom is 0.276 e. The van der Waals surface area contributed by atoms with Gasteiger partial charge in [0.15, 0.2) is 5.69 Å². The lowest BCUT2D eigenvalue weighted by atomic mass is 9.75. The number of fused-ring (bicyclic) bond motifs is 1. The second kappa shape index (κ2) is 9.58. The van der Waals surface area contributed by atoms with Crippen molar-refractivity contribution in [3.63, 3.8) is 0 Å². The molecule has 0 saturated heterocycles. The number of anilines is 1. The van der Waals surface area contributed by atoms with Crippen LogP contribution in [0.4, 0.5) is 14.5 Å². The van der Waals surface area contributed by atoms with Crippen molar-refractivity contribution in [2.24, 2.45) is 5.41 Å². The molecule has 3 heterocycles. The van der Waals surface area contributed by atoms with E-state index in [4.69, 9.17) is 4.74 Å². The third-order valence-corrected chi connectivity index (χ3v) is 7.92. The van der Waals surface area contributed by atoms with E-state index in [0.29, 0.717) is 18.5 Å². The smallest absolute Gasteiger partial charge is 0.276 e. The molecule has 9 nitrogen and oxygen atoms in total. The summed E-state index contributed by atoms with van der Waals surface area (Å²) in [5.41, 5.74) is 4.31. The summed E-state index contributed by atoms with van der Waals surface area (Å²) in [6.45, 7) is 5.71. The fraction of sp³-hybridized carbons (Fsp3) is 0.310. The topological polar surface area (TPSA) is 122 Å². The van der Waals surface area contributed by atoms with Crippen LogP contribution >= 0.6 is 0 Å². The van der Waals surface area contributed by atoms with Gasteiger partial charge in [0.1, 0.15) is 29.1 Å². The van der Waals surface area contributed by atoms with Crippen LogP contribution in [0.15, 0.2) is 47.2 Å². The van der Waals surface area contributed by atoms with Gasteiger partial charge in [0.05, 0.1) is 6.61 Å². The summed E-state index contributed by atoms with van der Waals surface area (Å²) in [6, 6.07) is 7.96. The molecule has 2 atom stereocenters. The van der Waals surface area contributed by atoms with Gasteiger partial charge in [-0.3, -0.25) is 9.59 Å². The number of carbonyl (C=O) groups is 2. The zero-order valence-electron chi connectivity index (χ0n) is 22.1. The average molecular weight is 548 g/mol. The summed E-state index contributed by atoms with van der Waals surface area (Å²) >= 11 is 0. The molecule has 1 aliphatic heterocycles. The van der Waals surface area contributed by atoms with Crippen molar-refractivity contribution in [3.05, 3.63) is 82.4 Å². The number of rotatable bonds is 6. The zero-order valence-corrected chi connectivity index (χ0v) is 22.1. The lowest BCUT2D eigenvalue weighted by molar-refractivity contribution is -0.119. The van der Waals surface area contributed by atoms with Gasteiger partial charge in [-0.05, 0) is 62.0 Å². The van der Waals surface area contributed by atoms with Gasteiger partial charge in [-0.15, -0.1) is 0 Å². The molecule has 2 aromatic heterocycles. The van der Waals surface area contributed by atoms with E-state index in [9.17, 15) is 14.0 Å². The number of aromatic amines is 1. The van der Waals surface area contributed by atoms with Crippen LogP contribution in [0.25, 0.3) is 11.1 Å². The van der Waals surface area contributed by atoms with Crippen LogP contribution in [0.2, 0.25) is 0 Å². The number of benzene rings is 2. The van der Waals surface area contributed by atoms with Gasteiger partial charge in [-0.25, -0.2) is 13.4 Å². The van der Waals surface area contributed by atoms with Gasteiger partial charge in [-0.2, -0.15) is 0 Å². The van der Waals surface area contributed by atoms with Crippen LogP contribution in [0.1, 0.15) is 51.8 Å². The number of hydrogen-bond acceptors (Lipinski definition) is 6. The average Bonchev–Trinajstić information content (AvgIpc) is 3.42. The Kier molecular flexibility index (Phi) is 6.16. The second-order valence-electron chi connectivity index (χ2n) is 10.6. The van der Waals surface area contributed by atoms with Gasteiger partial charge >= 0.3 is 0 Å². The van der Waals surface area contributed by atoms with E-state index in [1.54, 1.807) is 19.1 Å². The fourth-order valence-corrected chi connectivity index (χ4v) is 5.72. The van der Waals surface area contributed by atoms with E-state index in [1.165, 1.54) is 0 Å².